The number of anilines is 3. The molecule has 10 nitrogen and oxygen atoms in total. The highest BCUT2D eigenvalue weighted by Gasteiger charge is 2.20. The zero-order valence-electron chi connectivity index (χ0n) is 26.6. The molecule has 1 aliphatic rings. The molecule has 0 amide bonds. The Hall–Kier alpha value is -6.05. The zero-order valence-corrected chi connectivity index (χ0v) is 26.6. The minimum Gasteiger partial charge on any atom is -0.472 e. The van der Waals surface area contributed by atoms with Crippen LogP contribution in [0, 0.1) is 11.8 Å². The van der Waals surface area contributed by atoms with E-state index in [-0.39, 0.29) is 0 Å². The Bertz CT molecular complexity index is 2040. The number of pyridine rings is 3. The van der Waals surface area contributed by atoms with E-state index in [2.05, 4.69) is 72.4 Å². The van der Waals surface area contributed by atoms with Crippen molar-refractivity contribution in [1.29, 1.82) is 0 Å². The molecule has 7 rings (SSSR count). The molecule has 5 heterocycles. The monoisotopic (exact) mass is 634 g/mol. The van der Waals surface area contributed by atoms with Crippen LogP contribution < -0.4 is 19.7 Å². The summed E-state index contributed by atoms with van der Waals surface area (Å²) in [4.78, 5) is 18.6. The Morgan fingerprint density at radius 1 is 0.729 bits per heavy atom. The van der Waals surface area contributed by atoms with Gasteiger partial charge in [-0.15, -0.1) is 10.2 Å². The van der Waals surface area contributed by atoms with Crippen LogP contribution in [0.4, 0.5) is 17.2 Å². The SMILES string of the molecule is CN1CCN(c2cc(Nc3cc4c(C#Cc5ccc(OCc6ccccc6)nn5)nccc4cn3)cnc2OCc2ccccc2)CC1. The summed E-state index contributed by atoms with van der Waals surface area (Å²) in [6.07, 6.45) is 5.32. The van der Waals surface area contributed by atoms with Gasteiger partial charge in [0.05, 0.1) is 11.9 Å². The second-order valence-electron chi connectivity index (χ2n) is 11.5. The largest absolute Gasteiger partial charge is 0.472 e. The molecule has 0 spiro atoms. The van der Waals surface area contributed by atoms with Crippen molar-refractivity contribution in [2.45, 2.75) is 13.2 Å². The van der Waals surface area contributed by atoms with E-state index in [1.165, 1.54) is 0 Å². The maximum absolute atomic E-state index is 6.23. The number of nitrogens with one attached hydrogen (secondary N) is 1. The second kappa shape index (κ2) is 14.6. The molecule has 238 valence electrons. The van der Waals surface area contributed by atoms with Gasteiger partial charge in [-0.25, -0.2) is 15.0 Å². The fraction of sp³-hybridized carbons (Fsp3) is 0.184. The Balaban J connectivity index is 1.09. The van der Waals surface area contributed by atoms with Gasteiger partial charge in [-0.3, -0.25) is 0 Å². The summed E-state index contributed by atoms with van der Waals surface area (Å²) in [5.74, 6) is 7.96. The number of hydrogen-bond donors (Lipinski definition) is 1. The molecular weight excluding hydrogens is 600 g/mol. The molecule has 4 aromatic heterocycles. The summed E-state index contributed by atoms with van der Waals surface area (Å²) in [6.45, 7) is 4.58. The van der Waals surface area contributed by atoms with Crippen LogP contribution in [0.2, 0.25) is 0 Å². The quantitative estimate of drug-likeness (QED) is 0.195. The Morgan fingerprint density at radius 3 is 2.21 bits per heavy atom. The molecule has 0 saturated carbocycles. The minimum absolute atomic E-state index is 0.421. The van der Waals surface area contributed by atoms with Gasteiger partial charge in [0.2, 0.25) is 11.8 Å². The molecule has 2 aromatic carbocycles. The van der Waals surface area contributed by atoms with Gasteiger partial charge in [-0.05, 0) is 54.3 Å². The molecule has 0 atom stereocenters. The van der Waals surface area contributed by atoms with Gasteiger partial charge in [-0.1, -0.05) is 60.7 Å². The van der Waals surface area contributed by atoms with Crippen LogP contribution in [0.25, 0.3) is 10.8 Å². The molecule has 1 saturated heterocycles. The summed E-state index contributed by atoms with van der Waals surface area (Å²) in [6, 6.07) is 29.6. The van der Waals surface area contributed by atoms with Gasteiger partial charge in [0, 0.05) is 55.4 Å². The molecule has 0 aliphatic carbocycles. The lowest BCUT2D eigenvalue weighted by Gasteiger charge is -2.34. The van der Waals surface area contributed by atoms with E-state index in [0.717, 1.165) is 59.5 Å². The summed E-state index contributed by atoms with van der Waals surface area (Å²) >= 11 is 0. The lowest BCUT2D eigenvalue weighted by atomic mass is 10.1. The number of fused-ring (bicyclic) bond motifs is 1. The molecule has 10 heteroatoms. The van der Waals surface area contributed by atoms with E-state index >= 15 is 0 Å². The van der Waals surface area contributed by atoms with Crippen molar-refractivity contribution >= 4 is 28.0 Å². The van der Waals surface area contributed by atoms with Crippen molar-refractivity contribution in [1.82, 2.24) is 30.0 Å². The van der Waals surface area contributed by atoms with Crippen molar-refractivity contribution in [3.8, 4) is 23.6 Å². The van der Waals surface area contributed by atoms with Gasteiger partial charge >= 0.3 is 0 Å². The van der Waals surface area contributed by atoms with Crippen LogP contribution in [0.5, 0.6) is 11.8 Å². The minimum atomic E-state index is 0.421. The van der Waals surface area contributed by atoms with Crippen LogP contribution in [-0.4, -0.2) is 63.3 Å². The first-order chi connectivity index (χ1) is 23.7. The fourth-order valence-corrected chi connectivity index (χ4v) is 5.32. The molecule has 0 unspecified atom stereocenters. The average molecular weight is 635 g/mol. The van der Waals surface area contributed by atoms with Crippen LogP contribution in [0.15, 0.2) is 110 Å². The van der Waals surface area contributed by atoms with E-state index in [4.69, 9.17) is 14.5 Å². The van der Waals surface area contributed by atoms with Crippen LogP contribution >= 0.6 is 0 Å². The van der Waals surface area contributed by atoms with Crippen molar-refractivity contribution in [2.75, 3.05) is 43.4 Å². The molecule has 0 bridgehead atoms. The lowest BCUT2D eigenvalue weighted by Crippen LogP contribution is -2.44. The number of ether oxygens (including phenoxy) is 2. The van der Waals surface area contributed by atoms with Crippen molar-refractivity contribution in [2.24, 2.45) is 0 Å². The van der Waals surface area contributed by atoms with E-state index in [1.807, 2.05) is 66.9 Å². The average Bonchev–Trinajstić information content (AvgIpc) is 3.14. The van der Waals surface area contributed by atoms with E-state index in [0.29, 0.717) is 42.2 Å². The molecule has 0 radical (unpaired) electrons. The first-order valence-electron chi connectivity index (χ1n) is 15.8. The molecule has 48 heavy (non-hydrogen) atoms. The Kier molecular flexibility index (Phi) is 9.29. The Morgan fingerprint density at radius 2 is 1.48 bits per heavy atom. The number of rotatable bonds is 9. The number of aromatic nitrogens is 5. The van der Waals surface area contributed by atoms with E-state index in [1.54, 1.807) is 24.5 Å². The standard InChI is InChI=1S/C38H34N8O2/c1-45-18-20-46(21-19-45)35-22-32(25-41-38(35)48-27-29-10-6-3-7-11-29)42-36-23-33-30(24-40-36)16-17-39-34(33)14-12-31-13-15-37(44-43-31)47-26-28-8-4-2-5-9-28/h2-11,13,15-17,22-25H,18-21,26-27H2,1H3,(H,40,42). The number of piperazine rings is 1. The topological polar surface area (TPSA) is 101 Å². The van der Waals surface area contributed by atoms with Crippen molar-refractivity contribution in [3.63, 3.8) is 0 Å². The zero-order chi connectivity index (χ0) is 32.5. The van der Waals surface area contributed by atoms with Gasteiger partial charge in [-0.2, -0.15) is 0 Å². The first-order valence-corrected chi connectivity index (χ1v) is 15.8. The van der Waals surface area contributed by atoms with Gasteiger partial charge < -0.3 is 24.6 Å². The maximum atomic E-state index is 6.23. The van der Waals surface area contributed by atoms with E-state index in [9.17, 15) is 0 Å². The maximum Gasteiger partial charge on any atom is 0.238 e. The summed E-state index contributed by atoms with van der Waals surface area (Å²) in [7, 11) is 2.14. The second-order valence-corrected chi connectivity index (χ2v) is 11.5. The van der Waals surface area contributed by atoms with Crippen molar-refractivity contribution < 1.29 is 9.47 Å². The van der Waals surface area contributed by atoms with Crippen LogP contribution in [0.1, 0.15) is 22.5 Å². The van der Waals surface area contributed by atoms with Gasteiger partial charge in [0.25, 0.3) is 0 Å². The summed E-state index contributed by atoms with van der Waals surface area (Å²) < 4.78 is 12.0. The third-order valence-electron chi connectivity index (χ3n) is 7.99. The fourth-order valence-electron chi connectivity index (χ4n) is 5.32. The number of hydrogen-bond acceptors (Lipinski definition) is 10. The molecular formula is C38H34N8O2. The summed E-state index contributed by atoms with van der Waals surface area (Å²) in [5.41, 5.74) is 5.05. The smallest absolute Gasteiger partial charge is 0.238 e. The van der Waals surface area contributed by atoms with Crippen LogP contribution in [-0.2, 0) is 13.2 Å². The predicted octanol–water partition coefficient (Wildman–Crippen LogP) is 5.87. The highest BCUT2D eigenvalue weighted by molar-refractivity contribution is 5.88. The number of benzene rings is 2. The molecule has 1 fully saturated rings. The number of nitrogens with zero attached hydrogens (tertiary/aromatic N) is 7. The molecule has 6 aromatic rings. The third kappa shape index (κ3) is 7.66. The summed E-state index contributed by atoms with van der Waals surface area (Å²) in [5, 5.41) is 13.6. The molecule has 1 N–H and O–H groups in total. The van der Waals surface area contributed by atoms with E-state index < -0.39 is 0 Å². The number of likely N-dealkylation sites (N-methyl/N-ethyl adjacent to an activating group) is 1. The highest BCUT2D eigenvalue weighted by atomic mass is 16.5. The Labute approximate surface area is 279 Å². The predicted molar refractivity (Wildman–Crippen MR) is 186 cm³/mol. The van der Waals surface area contributed by atoms with Crippen LogP contribution in [0.3, 0.4) is 0 Å². The highest BCUT2D eigenvalue weighted by Crippen LogP contribution is 2.32. The van der Waals surface area contributed by atoms with Gasteiger partial charge in [0.1, 0.15) is 36.1 Å². The molecule has 1 aliphatic heterocycles. The van der Waals surface area contributed by atoms with Crippen molar-refractivity contribution in [3.05, 3.63) is 132 Å². The van der Waals surface area contributed by atoms with Gasteiger partial charge in [0.15, 0.2) is 0 Å². The first kappa shape index (κ1) is 30.6. The normalized spacial score (nSPS) is 13.1. The lowest BCUT2D eigenvalue weighted by molar-refractivity contribution is 0.287. The third-order valence-corrected chi connectivity index (χ3v) is 7.99.